The van der Waals surface area contributed by atoms with E-state index in [9.17, 15) is 4.79 Å². The number of likely N-dealkylation sites (N-methyl/N-ethyl adjacent to an activating group) is 1. The first-order valence-electron chi connectivity index (χ1n) is 10.6. The molecule has 4 rings (SSSR count). The second-order valence-electron chi connectivity index (χ2n) is 7.78. The Hall–Kier alpha value is -2.22. The molecule has 1 amide bonds. The minimum Gasteiger partial charge on any atom is -0.445 e. The highest BCUT2D eigenvalue weighted by atomic mass is 16.5. The first-order chi connectivity index (χ1) is 14.2. The standard InChI is InChI=1S/C22H30N4O3/c1-2-25-9-11-26(12-10-25)15-18-7-5-17(6-8-18)14-23-22(27)20-21(29-16-24-20)19-4-3-13-28-19/h5-8,16,19H,2-4,9-15H2,1H3,(H,23,27). The lowest BCUT2D eigenvalue weighted by Gasteiger charge is -2.34. The molecule has 0 radical (unpaired) electrons. The molecule has 3 heterocycles. The van der Waals surface area contributed by atoms with Crippen LogP contribution in [0.4, 0.5) is 0 Å². The second-order valence-corrected chi connectivity index (χ2v) is 7.78. The third-order valence-electron chi connectivity index (χ3n) is 5.83. The van der Waals surface area contributed by atoms with Crippen molar-refractivity contribution in [3.05, 3.63) is 53.2 Å². The summed E-state index contributed by atoms with van der Waals surface area (Å²) in [6.07, 6.45) is 3.01. The van der Waals surface area contributed by atoms with Crippen LogP contribution in [0.15, 0.2) is 35.1 Å². The molecule has 0 saturated carbocycles. The molecule has 0 bridgehead atoms. The number of carbonyl (C=O) groups is 1. The van der Waals surface area contributed by atoms with E-state index in [1.165, 1.54) is 12.0 Å². The molecule has 2 fully saturated rings. The largest absolute Gasteiger partial charge is 0.445 e. The van der Waals surface area contributed by atoms with E-state index in [0.29, 0.717) is 24.6 Å². The van der Waals surface area contributed by atoms with Crippen LogP contribution in [0.1, 0.15) is 53.2 Å². The van der Waals surface area contributed by atoms with Gasteiger partial charge in [0.15, 0.2) is 17.8 Å². The van der Waals surface area contributed by atoms with Crippen LogP contribution in [-0.2, 0) is 17.8 Å². The van der Waals surface area contributed by atoms with E-state index in [0.717, 1.165) is 57.7 Å². The fourth-order valence-electron chi connectivity index (χ4n) is 3.99. The number of piperazine rings is 1. The molecule has 7 heteroatoms. The molecule has 2 aliphatic rings. The minimum atomic E-state index is -0.220. The van der Waals surface area contributed by atoms with Gasteiger partial charge in [-0.3, -0.25) is 9.69 Å². The van der Waals surface area contributed by atoms with Crippen molar-refractivity contribution in [2.24, 2.45) is 0 Å². The molecule has 2 aliphatic heterocycles. The van der Waals surface area contributed by atoms with E-state index in [1.807, 2.05) is 0 Å². The van der Waals surface area contributed by atoms with Crippen LogP contribution in [0.5, 0.6) is 0 Å². The molecule has 0 aliphatic carbocycles. The lowest BCUT2D eigenvalue weighted by atomic mass is 10.1. The zero-order valence-electron chi connectivity index (χ0n) is 17.1. The third kappa shape index (κ3) is 5.04. The molecule has 29 heavy (non-hydrogen) atoms. The van der Waals surface area contributed by atoms with Crippen LogP contribution < -0.4 is 5.32 Å². The van der Waals surface area contributed by atoms with Crippen LogP contribution in [-0.4, -0.2) is 60.0 Å². The van der Waals surface area contributed by atoms with Crippen molar-refractivity contribution < 1.29 is 13.9 Å². The highest BCUT2D eigenvalue weighted by molar-refractivity contribution is 5.93. The maximum atomic E-state index is 12.5. The summed E-state index contributed by atoms with van der Waals surface area (Å²) < 4.78 is 11.0. The van der Waals surface area contributed by atoms with Crippen LogP contribution in [0.2, 0.25) is 0 Å². The Balaban J connectivity index is 1.27. The van der Waals surface area contributed by atoms with Crippen LogP contribution in [0, 0.1) is 0 Å². The summed E-state index contributed by atoms with van der Waals surface area (Å²) in [6.45, 7) is 10.0. The molecule has 0 spiro atoms. The Labute approximate surface area is 172 Å². The molecule has 1 aromatic heterocycles. The third-order valence-corrected chi connectivity index (χ3v) is 5.83. The number of nitrogens with zero attached hydrogens (tertiary/aromatic N) is 3. The molecule has 1 aromatic carbocycles. The fourth-order valence-corrected chi connectivity index (χ4v) is 3.99. The molecule has 1 N–H and O–H groups in total. The maximum Gasteiger partial charge on any atom is 0.273 e. The van der Waals surface area contributed by atoms with Gasteiger partial charge in [-0.25, -0.2) is 4.98 Å². The number of aromatic nitrogens is 1. The summed E-state index contributed by atoms with van der Waals surface area (Å²) in [5.41, 5.74) is 2.71. The van der Waals surface area contributed by atoms with E-state index >= 15 is 0 Å². The van der Waals surface area contributed by atoms with Gasteiger partial charge in [-0.1, -0.05) is 31.2 Å². The van der Waals surface area contributed by atoms with E-state index in [2.05, 4.69) is 51.3 Å². The SMILES string of the molecule is CCN1CCN(Cc2ccc(CNC(=O)c3ncoc3C3CCCO3)cc2)CC1. The van der Waals surface area contributed by atoms with Gasteiger partial charge in [-0.05, 0) is 30.5 Å². The van der Waals surface area contributed by atoms with Gasteiger partial charge in [0, 0.05) is 45.9 Å². The topological polar surface area (TPSA) is 70.8 Å². The zero-order chi connectivity index (χ0) is 20.1. The summed E-state index contributed by atoms with van der Waals surface area (Å²) in [5.74, 6) is 0.320. The van der Waals surface area contributed by atoms with Gasteiger partial charge in [-0.15, -0.1) is 0 Å². The monoisotopic (exact) mass is 398 g/mol. The molecule has 1 unspecified atom stereocenters. The van der Waals surface area contributed by atoms with Crippen molar-refractivity contribution in [2.45, 2.75) is 39.0 Å². The lowest BCUT2D eigenvalue weighted by molar-refractivity contribution is 0.0860. The summed E-state index contributed by atoms with van der Waals surface area (Å²) in [6, 6.07) is 8.48. The molecule has 1 atom stereocenters. The summed E-state index contributed by atoms with van der Waals surface area (Å²) in [7, 11) is 0. The van der Waals surface area contributed by atoms with Gasteiger partial charge < -0.3 is 19.4 Å². The van der Waals surface area contributed by atoms with E-state index in [1.54, 1.807) is 0 Å². The number of oxazole rings is 1. The van der Waals surface area contributed by atoms with Gasteiger partial charge in [-0.2, -0.15) is 0 Å². The summed E-state index contributed by atoms with van der Waals surface area (Å²) >= 11 is 0. The van der Waals surface area contributed by atoms with Gasteiger partial charge in [0.25, 0.3) is 5.91 Å². The van der Waals surface area contributed by atoms with E-state index < -0.39 is 0 Å². The van der Waals surface area contributed by atoms with Crippen molar-refractivity contribution in [3.8, 4) is 0 Å². The minimum absolute atomic E-state index is 0.156. The van der Waals surface area contributed by atoms with E-state index in [-0.39, 0.29) is 12.0 Å². The molecule has 156 valence electrons. The average Bonchev–Trinajstić information content (AvgIpc) is 3.45. The predicted octanol–water partition coefficient (Wildman–Crippen LogP) is 2.59. The number of nitrogens with one attached hydrogen (secondary N) is 1. The number of carbonyl (C=O) groups excluding carboxylic acids is 1. The van der Waals surface area contributed by atoms with Gasteiger partial charge in [0.2, 0.25) is 0 Å². The first kappa shape index (κ1) is 20.1. The van der Waals surface area contributed by atoms with Crippen molar-refractivity contribution in [1.29, 1.82) is 0 Å². The van der Waals surface area contributed by atoms with Crippen molar-refractivity contribution in [2.75, 3.05) is 39.3 Å². The lowest BCUT2D eigenvalue weighted by Crippen LogP contribution is -2.45. The number of ether oxygens (including phenoxy) is 1. The first-order valence-corrected chi connectivity index (χ1v) is 10.6. The van der Waals surface area contributed by atoms with Crippen LogP contribution in [0.25, 0.3) is 0 Å². The molecule has 7 nitrogen and oxygen atoms in total. The van der Waals surface area contributed by atoms with Crippen LogP contribution in [0.3, 0.4) is 0 Å². The number of amides is 1. The molecule has 2 aromatic rings. The Kier molecular flexibility index (Phi) is 6.59. The number of rotatable bonds is 7. The molecular weight excluding hydrogens is 368 g/mol. The summed E-state index contributed by atoms with van der Waals surface area (Å²) in [4.78, 5) is 21.6. The van der Waals surface area contributed by atoms with E-state index in [4.69, 9.17) is 9.15 Å². The number of benzene rings is 1. The van der Waals surface area contributed by atoms with Crippen molar-refractivity contribution >= 4 is 5.91 Å². The maximum absolute atomic E-state index is 12.5. The average molecular weight is 399 g/mol. The Bertz CT molecular complexity index is 791. The Morgan fingerprint density at radius 2 is 1.86 bits per heavy atom. The molecular formula is C22H30N4O3. The van der Waals surface area contributed by atoms with Crippen molar-refractivity contribution in [1.82, 2.24) is 20.1 Å². The van der Waals surface area contributed by atoms with Crippen molar-refractivity contribution in [3.63, 3.8) is 0 Å². The van der Waals surface area contributed by atoms with Gasteiger partial charge in [0.1, 0.15) is 6.10 Å². The zero-order valence-corrected chi connectivity index (χ0v) is 17.1. The van der Waals surface area contributed by atoms with Gasteiger partial charge in [0.05, 0.1) is 0 Å². The highest BCUT2D eigenvalue weighted by Crippen LogP contribution is 2.30. The van der Waals surface area contributed by atoms with Gasteiger partial charge >= 0.3 is 0 Å². The normalized spacial score (nSPS) is 20.8. The number of hydrogen-bond acceptors (Lipinski definition) is 6. The fraction of sp³-hybridized carbons (Fsp3) is 0.545. The quantitative estimate of drug-likeness (QED) is 0.773. The van der Waals surface area contributed by atoms with Crippen LogP contribution >= 0.6 is 0 Å². The highest BCUT2D eigenvalue weighted by Gasteiger charge is 2.27. The summed E-state index contributed by atoms with van der Waals surface area (Å²) in [5, 5.41) is 2.94. The Morgan fingerprint density at radius 1 is 1.14 bits per heavy atom. The predicted molar refractivity (Wildman–Crippen MR) is 109 cm³/mol. The smallest absolute Gasteiger partial charge is 0.273 e. The molecule has 2 saturated heterocycles. The second kappa shape index (κ2) is 9.52. The Morgan fingerprint density at radius 3 is 2.55 bits per heavy atom. The number of hydrogen-bond donors (Lipinski definition) is 1.